The van der Waals surface area contributed by atoms with Crippen LogP contribution >= 0.6 is 11.3 Å². The lowest BCUT2D eigenvalue weighted by Gasteiger charge is -2.38. The van der Waals surface area contributed by atoms with Gasteiger partial charge in [-0.1, -0.05) is 6.92 Å². The Hall–Kier alpha value is -4.40. The Kier molecular flexibility index (Phi) is 9.52. The number of nitrogens with zero attached hydrogens (tertiary/aromatic N) is 3. The summed E-state index contributed by atoms with van der Waals surface area (Å²) < 4.78 is 17.6. The maximum absolute atomic E-state index is 13.4. The van der Waals surface area contributed by atoms with E-state index in [1.165, 1.54) is 24.0 Å². The second kappa shape index (κ2) is 13.8. The van der Waals surface area contributed by atoms with Crippen LogP contribution in [0.1, 0.15) is 56.7 Å². The maximum atomic E-state index is 13.4. The summed E-state index contributed by atoms with van der Waals surface area (Å²) >= 11 is 1.37. The van der Waals surface area contributed by atoms with Gasteiger partial charge in [-0.25, -0.2) is 9.97 Å². The number of hydrogen-bond acceptors (Lipinski definition) is 11. The van der Waals surface area contributed by atoms with E-state index in [0.717, 1.165) is 36.9 Å². The molecule has 1 aromatic carbocycles. The van der Waals surface area contributed by atoms with Crippen LogP contribution in [-0.4, -0.2) is 60.7 Å². The number of hydrogen-bond donors (Lipinski definition) is 1. The minimum Gasteiger partial charge on any atom is -0.496 e. The number of terminal acetylenes is 1. The number of allylic oxidation sites excluding steroid dienone is 2. The molecule has 10 nitrogen and oxygen atoms in total. The zero-order valence-corrected chi connectivity index (χ0v) is 27.8. The van der Waals surface area contributed by atoms with Gasteiger partial charge in [-0.3, -0.25) is 24.7 Å². The van der Waals surface area contributed by atoms with Gasteiger partial charge in [0.2, 0.25) is 0 Å². The van der Waals surface area contributed by atoms with Crippen LogP contribution in [0.3, 0.4) is 0 Å². The zero-order chi connectivity index (χ0) is 33.2. The molecule has 1 saturated carbocycles. The summed E-state index contributed by atoms with van der Waals surface area (Å²) in [6.07, 6.45) is 10.2. The van der Waals surface area contributed by atoms with Crippen LogP contribution in [0.25, 0.3) is 21.6 Å². The largest absolute Gasteiger partial charge is 0.496 e. The number of ether oxygens (including phenoxy) is 3. The molecule has 1 N–H and O–H groups in total. The van der Waals surface area contributed by atoms with E-state index < -0.39 is 30.0 Å². The van der Waals surface area contributed by atoms with Crippen molar-refractivity contribution in [2.24, 2.45) is 28.7 Å². The maximum Gasteiger partial charge on any atom is 0.309 e. The first-order chi connectivity index (χ1) is 22.7. The number of ketones is 2. The highest BCUT2D eigenvalue weighted by Crippen LogP contribution is 2.41. The van der Waals surface area contributed by atoms with Crippen molar-refractivity contribution in [2.75, 3.05) is 20.8 Å². The topological polar surface area (TPSA) is 129 Å². The number of carbonyl (C=O) groups is 3. The van der Waals surface area contributed by atoms with E-state index in [1.54, 1.807) is 24.8 Å². The van der Waals surface area contributed by atoms with Crippen LogP contribution < -0.4 is 14.8 Å². The van der Waals surface area contributed by atoms with E-state index in [-0.39, 0.29) is 36.9 Å². The molecule has 0 radical (unpaired) electrons. The third kappa shape index (κ3) is 6.85. The molecule has 2 aromatic heterocycles. The number of carbonyl (C=O) groups excluding carboxylic acids is 3. The monoisotopic (exact) mass is 654 g/mol. The lowest BCUT2D eigenvalue weighted by molar-refractivity contribution is -0.152. The summed E-state index contributed by atoms with van der Waals surface area (Å²) in [4.78, 5) is 54.0. The Morgan fingerprint density at radius 1 is 1.15 bits per heavy atom. The molecule has 244 valence electrons. The first kappa shape index (κ1) is 32.5. The van der Waals surface area contributed by atoms with Gasteiger partial charge in [0.1, 0.15) is 39.5 Å². The van der Waals surface area contributed by atoms with Crippen LogP contribution in [0, 0.1) is 42.9 Å². The van der Waals surface area contributed by atoms with Gasteiger partial charge in [0, 0.05) is 71.3 Å². The van der Waals surface area contributed by atoms with Crippen molar-refractivity contribution in [1.82, 2.24) is 15.3 Å². The molecule has 1 fully saturated rings. The number of fused-ring (bicyclic) bond motifs is 2. The molecule has 47 heavy (non-hydrogen) atoms. The molecule has 1 aliphatic heterocycles. The number of aliphatic imine (C=N–C) groups is 1. The smallest absolute Gasteiger partial charge is 0.309 e. The lowest BCUT2D eigenvalue weighted by Crippen LogP contribution is -2.52. The first-order valence-corrected chi connectivity index (χ1v) is 16.8. The number of pyridine rings is 1. The lowest BCUT2D eigenvalue weighted by atomic mass is 9.71. The fraction of sp³-hybridized carbons (Fsp3) is 0.444. The Labute approximate surface area is 278 Å². The van der Waals surface area contributed by atoms with E-state index in [9.17, 15) is 14.4 Å². The quantitative estimate of drug-likeness (QED) is 0.282. The molecule has 3 heterocycles. The molecular formula is C36H38N4O6S. The molecular weight excluding hydrogens is 616 g/mol. The SMILES string of the molecule is C#Cc1csc(-c2cc(O[C@@H]3NCC(=O)C(C)CCCC4=C(C4)/N=C\[C@H]4C3CC(=O)C[C@H]4C(=O)OC)c3ccc(OC)c(C)c3n2)n1. The third-order valence-electron chi connectivity index (χ3n) is 9.46. The zero-order valence-electron chi connectivity index (χ0n) is 27.0. The third-order valence-corrected chi connectivity index (χ3v) is 10.3. The highest BCUT2D eigenvalue weighted by atomic mass is 32.1. The average Bonchev–Trinajstić information content (AvgIpc) is 3.64. The van der Waals surface area contributed by atoms with E-state index in [2.05, 4.69) is 16.2 Å². The van der Waals surface area contributed by atoms with Gasteiger partial charge >= 0.3 is 5.97 Å². The minimum atomic E-state index is -0.840. The van der Waals surface area contributed by atoms with Crippen LogP contribution in [0.4, 0.5) is 0 Å². The van der Waals surface area contributed by atoms with Crippen LogP contribution in [0.15, 0.2) is 39.8 Å². The molecule has 3 aromatic rings. The van der Waals surface area contributed by atoms with Crippen molar-refractivity contribution in [3.63, 3.8) is 0 Å². The molecule has 5 atom stereocenters. The number of esters is 1. The first-order valence-electron chi connectivity index (χ1n) is 15.9. The molecule has 11 heteroatoms. The van der Waals surface area contributed by atoms with Crippen molar-refractivity contribution in [2.45, 2.75) is 58.6 Å². The Morgan fingerprint density at radius 3 is 2.72 bits per heavy atom. The number of Topliss-reactive ketones (excluding diaryl/α,β-unsaturated/α-hetero) is 2. The molecule has 3 aliphatic rings. The summed E-state index contributed by atoms with van der Waals surface area (Å²) in [6, 6.07) is 5.53. The summed E-state index contributed by atoms with van der Waals surface area (Å²) in [7, 11) is 2.93. The Balaban J connectivity index is 1.48. The number of benzene rings is 1. The fourth-order valence-corrected chi connectivity index (χ4v) is 7.34. The van der Waals surface area contributed by atoms with Crippen molar-refractivity contribution < 1.29 is 28.6 Å². The Bertz CT molecular complexity index is 1840. The van der Waals surface area contributed by atoms with Crippen molar-refractivity contribution in [3.05, 3.63) is 46.1 Å². The number of thiazole rings is 1. The van der Waals surface area contributed by atoms with Crippen molar-refractivity contribution in [1.29, 1.82) is 0 Å². The van der Waals surface area contributed by atoms with E-state index >= 15 is 0 Å². The number of aryl methyl sites for hydroxylation is 1. The van der Waals surface area contributed by atoms with E-state index in [1.807, 2.05) is 26.0 Å². The summed E-state index contributed by atoms with van der Waals surface area (Å²) in [5.74, 6) is 1.32. The molecule has 0 spiro atoms. The summed E-state index contributed by atoms with van der Waals surface area (Å²) in [5.41, 5.74) is 4.81. The van der Waals surface area contributed by atoms with E-state index in [0.29, 0.717) is 38.8 Å². The molecule has 2 aliphatic carbocycles. The molecule has 0 bridgehead atoms. The van der Waals surface area contributed by atoms with Crippen molar-refractivity contribution in [3.8, 4) is 34.5 Å². The summed E-state index contributed by atoms with van der Waals surface area (Å²) in [5, 5.41) is 6.48. The fourth-order valence-electron chi connectivity index (χ4n) is 6.62. The number of aromatic nitrogens is 2. The second-order valence-corrected chi connectivity index (χ2v) is 13.3. The Morgan fingerprint density at radius 2 is 1.98 bits per heavy atom. The number of rotatable bonds is 5. The molecule has 2 unspecified atom stereocenters. The summed E-state index contributed by atoms with van der Waals surface area (Å²) in [6.45, 7) is 3.91. The van der Waals surface area contributed by atoms with Gasteiger partial charge in [-0.05, 0) is 49.8 Å². The number of nitrogens with one attached hydrogen (secondary N) is 1. The van der Waals surface area contributed by atoms with Gasteiger partial charge in [-0.2, -0.15) is 0 Å². The normalized spacial score (nSPS) is 25.6. The molecule has 0 amide bonds. The van der Waals surface area contributed by atoms with Gasteiger partial charge in [0.15, 0.2) is 6.23 Å². The van der Waals surface area contributed by atoms with Gasteiger partial charge < -0.3 is 14.2 Å². The predicted molar refractivity (Wildman–Crippen MR) is 179 cm³/mol. The van der Waals surface area contributed by atoms with Crippen LogP contribution in [0.5, 0.6) is 11.5 Å². The van der Waals surface area contributed by atoms with Gasteiger partial charge in [0.05, 0.1) is 32.2 Å². The molecule has 0 saturated heterocycles. The average molecular weight is 655 g/mol. The number of methoxy groups -OCH3 is 2. The van der Waals surface area contributed by atoms with Gasteiger partial charge in [0.25, 0.3) is 0 Å². The van der Waals surface area contributed by atoms with Crippen LogP contribution in [-0.2, 0) is 19.1 Å². The molecule has 6 rings (SSSR count). The second-order valence-electron chi connectivity index (χ2n) is 12.5. The highest BCUT2D eigenvalue weighted by molar-refractivity contribution is 7.13. The van der Waals surface area contributed by atoms with Gasteiger partial charge in [-0.15, -0.1) is 17.8 Å². The van der Waals surface area contributed by atoms with E-state index in [4.69, 9.17) is 30.6 Å². The van der Waals surface area contributed by atoms with Crippen molar-refractivity contribution >= 4 is 46.0 Å². The highest BCUT2D eigenvalue weighted by Gasteiger charge is 2.45. The minimum absolute atomic E-state index is 0.0396. The predicted octanol–water partition coefficient (Wildman–Crippen LogP) is 5.45. The van der Waals surface area contributed by atoms with Crippen LogP contribution in [0.2, 0.25) is 0 Å². The standard InChI is InChI=1S/C36H38N4O6S/c1-6-22-18-47-35(39-22)29-15-32(24-10-11-31(44-4)20(3)33(24)40-29)46-34-25-13-23(41)14-26(36(43)45-5)27(25)16-37-28-12-21(28)9-7-8-19(2)30(42)17-38-34/h1,10-11,15-16,18-19,25-27,34,38H,7-9,12-14,17H2,2-5H3/b37-16-/t19?,25?,26-,27+,34+/m1/s1.